The van der Waals surface area contributed by atoms with Gasteiger partial charge in [-0.05, 0) is 25.5 Å². The second-order valence-electron chi connectivity index (χ2n) is 7.90. The van der Waals surface area contributed by atoms with Crippen LogP contribution in [0.15, 0.2) is 24.3 Å². The lowest BCUT2D eigenvalue weighted by atomic mass is 10.0. The third kappa shape index (κ3) is 5.00. The Bertz CT molecular complexity index is 1160. The summed E-state index contributed by atoms with van der Waals surface area (Å²) in [6, 6.07) is 8.82. The molecule has 0 spiro atoms. The predicted molar refractivity (Wildman–Crippen MR) is 118 cm³/mol. The summed E-state index contributed by atoms with van der Waals surface area (Å²) in [6.07, 6.45) is -6.36. The van der Waals surface area contributed by atoms with Crippen LogP contribution in [-0.2, 0) is 0 Å². The number of para-hydroxylation sites is 1. The minimum atomic E-state index is -4.45. The van der Waals surface area contributed by atoms with Crippen LogP contribution < -0.4 is 10.6 Å². The van der Waals surface area contributed by atoms with Crippen LogP contribution in [0, 0.1) is 24.2 Å². The van der Waals surface area contributed by atoms with Gasteiger partial charge in [0, 0.05) is 12.3 Å². The summed E-state index contributed by atoms with van der Waals surface area (Å²) < 4.78 is 39.1. The van der Waals surface area contributed by atoms with Gasteiger partial charge in [-0.3, -0.25) is 0 Å². The summed E-state index contributed by atoms with van der Waals surface area (Å²) in [5, 5.41) is 35.6. The molecule has 0 aliphatic heterocycles. The van der Waals surface area contributed by atoms with Crippen molar-refractivity contribution < 1.29 is 23.4 Å². The Morgan fingerprint density at radius 2 is 1.94 bits per heavy atom. The number of anilines is 2. The Morgan fingerprint density at radius 1 is 1.18 bits per heavy atom. The summed E-state index contributed by atoms with van der Waals surface area (Å²) in [5.41, 5.74) is 1.66. The van der Waals surface area contributed by atoms with Crippen molar-refractivity contribution in [3.8, 4) is 16.6 Å². The topological polar surface area (TPSA) is 127 Å². The van der Waals surface area contributed by atoms with Gasteiger partial charge < -0.3 is 20.8 Å². The molecular weight excluding hydrogens is 457 g/mol. The standard InChI is InChI=1S/C21H21F3N6O2S/c1-10-15(19-29-12-4-2-3-5-14(12)33-19)18(30-20(27-10)26-9-21(22,23)24)28-13-8-11(6-7-25)16(31)17(13)32/h2-5,11,13,16-17,31-32H,6,8-9H2,1H3,(H2,26,27,28,30)/t11-,13+,16+,17-/m0/s1. The Balaban J connectivity index is 1.73. The van der Waals surface area contributed by atoms with Crippen molar-refractivity contribution in [1.29, 1.82) is 5.26 Å². The van der Waals surface area contributed by atoms with Crippen molar-refractivity contribution >= 4 is 33.3 Å². The number of nitriles is 1. The van der Waals surface area contributed by atoms with Crippen LogP contribution in [0.2, 0.25) is 0 Å². The fourth-order valence-corrected chi connectivity index (χ4v) is 5.00. The van der Waals surface area contributed by atoms with Crippen LogP contribution in [-0.4, -0.2) is 56.1 Å². The van der Waals surface area contributed by atoms with Crippen LogP contribution >= 0.6 is 11.3 Å². The summed E-state index contributed by atoms with van der Waals surface area (Å²) in [7, 11) is 0. The van der Waals surface area contributed by atoms with Gasteiger partial charge in [0.1, 0.15) is 23.5 Å². The molecule has 33 heavy (non-hydrogen) atoms. The third-order valence-electron chi connectivity index (χ3n) is 5.52. The maximum absolute atomic E-state index is 12.7. The van der Waals surface area contributed by atoms with Crippen LogP contribution in [0.1, 0.15) is 18.5 Å². The zero-order valence-corrected chi connectivity index (χ0v) is 18.3. The fourth-order valence-electron chi connectivity index (χ4n) is 3.93. The Labute approximate surface area is 191 Å². The molecule has 0 amide bonds. The Hall–Kier alpha value is -3.01. The highest BCUT2D eigenvalue weighted by atomic mass is 32.1. The SMILES string of the molecule is Cc1nc(NCC(F)(F)F)nc(N[C@@H]2C[C@H](CC#N)[C@@H](O)[C@H]2O)c1-c1nc2ccccc2s1. The van der Waals surface area contributed by atoms with E-state index in [0.717, 1.165) is 10.2 Å². The second kappa shape index (κ2) is 9.09. The van der Waals surface area contributed by atoms with Crippen molar-refractivity contribution in [2.75, 3.05) is 17.2 Å². The van der Waals surface area contributed by atoms with Gasteiger partial charge in [-0.1, -0.05) is 12.1 Å². The highest BCUT2D eigenvalue weighted by molar-refractivity contribution is 7.21. The highest BCUT2D eigenvalue weighted by Gasteiger charge is 2.42. The van der Waals surface area contributed by atoms with Crippen LogP contribution in [0.25, 0.3) is 20.8 Å². The normalized spacial score (nSPS) is 22.9. The number of aryl methyl sites for hydroxylation is 1. The minimum Gasteiger partial charge on any atom is -0.390 e. The van der Waals surface area contributed by atoms with E-state index >= 15 is 0 Å². The molecule has 1 saturated carbocycles. The van der Waals surface area contributed by atoms with Gasteiger partial charge in [-0.15, -0.1) is 11.3 Å². The van der Waals surface area contributed by atoms with E-state index in [1.54, 1.807) is 6.92 Å². The third-order valence-corrected chi connectivity index (χ3v) is 6.58. The van der Waals surface area contributed by atoms with Gasteiger partial charge in [-0.25, -0.2) is 9.97 Å². The number of hydrogen-bond acceptors (Lipinski definition) is 9. The van der Waals surface area contributed by atoms with E-state index < -0.39 is 36.9 Å². The largest absolute Gasteiger partial charge is 0.405 e. The number of nitrogens with one attached hydrogen (secondary N) is 2. The van der Waals surface area contributed by atoms with Gasteiger partial charge in [-0.2, -0.15) is 23.4 Å². The van der Waals surface area contributed by atoms with Crippen molar-refractivity contribution in [3.63, 3.8) is 0 Å². The number of nitrogens with zero attached hydrogens (tertiary/aromatic N) is 4. The molecule has 4 rings (SSSR count). The molecule has 0 unspecified atom stereocenters. The molecule has 174 valence electrons. The molecule has 1 aliphatic carbocycles. The first-order valence-corrected chi connectivity index (χ1v) is 11.0. The summed E-state index contributed by atoms with van der Waals surface area (Å²) in [6.45, 7) is 0.340. The molecule has 4 N–H and O–H groups in total. The van der Waals surface area contributed by atoms with E-state index in [1.807, 2.05) is 30.3 Å². The molecule has 12 heteroatoms. The van der Waals surface area contributed by atoms with E-state index in [0.29, 0.717) is 22.7 Å². The molecule has 1 aliphatic rings. The van der Waals surface area contributed by atoms with Gasteiger partial charge in [0.2, 0.25) is 5.95 Å². The van der Waals surface area contributed by atoms with Crippen molar-refractivity contribution in [2.45, 2.75) is 44.2 Å². The molecule has 0 saturated heterocycles. The summed E-state index contributed by atoms with van der Waals surface area (Å²) >= 11 is 1.38. The van der Waals surface area contributed by atoms with E-state index in [9.17, 15) is 23.4 Å². The molecular formula is C21H21F3N6O2S. The van der Waals surface area contributed by atoms with Gasteiger partial charge in [0.05, 0.1) is 39.7 Å². The maximum Gasteiger partial charge on any atom is 0.405 e. The van der Waals surface area contributed by atoms with E-state index in [-0.39, 0.29) is 18.2 Å². The summed E-state index contributed by atoms with van der Waals surface area (Å²) in [4.78, 5) is 13.1. The molecule has 1 aromatic carbocycles. The number of aromatic nitrogens is 3. The molecule has 2 heterocycles. The van der Waals surface area contributed by atoms with Gasteiger partial charge >= 0.3 is 6.18 Å². The van der Waals surface area contributed by atoms with Crippen LogP contribution in [0.5, 0.6) is 0 Å². The zero-order chi connectivity index (χ0) is 23.8. The molecule has 0 bridgehead atoms. The van der Waals surface area contributed by atoms with Gasteiger partial charge in [0.25, 0.3) is 0 Å². The van der Waals surface area contributed by atoms with Crippen molar-refractivity contribution in [3.05, 3.63) is 30.0 Å². The van der Waals surface area contributed by atoms with Crippen LogP contribution in [0.3, 0.4) is 0 Å². The Kier molecular flexibility index (Phi) is 6.38. The molecule has 3 aromatic rings. The lowest BCUT2D eigenvalue weighted by Gasteiger charge is -2.21. The number of aliphatic hydroxyl groups excluding tert-OH is 2. The monoisotopic (exact) mass is 478 g/mol. The quantitative estimate of drug-likeness (QED) is 0.424. The number of rotatable bonds is 6. The second-order valence-corrected chi connectivity index (χ2v) is 8.93. The molecule has 2 aromatic heterocycles. The van der Waals surface area contributed by atoms with E-state index in [2.05, 4.69) is 25.6 Å². The van der Waals surface area contributed by atoms with Crippen molar-refractivity contribution in [2.24, 2.45) is 5.92 Å². The molecule has 1 fully saturated rings. The fraction of sp³-hybridized carbons (Fsp3) is 0.429. The van der Waals surface area contributed by atoms with E-state index in [4.69, 9.17) is 5.26 Å². The number of thiazole rings is 1. The molecule has 8 nitrogen and oxygen atoms in total. The van der Waals surface area contributed by atoms with Crippen molar-refractivity contribution in [1.82, 2.24) is 15.0 Å². The highest BCUT2D eigenvalue weighted by Crippen LogP contribution is 2.38. The zero-order valence-electron chi connectivity index (χ0n) is 17.5. The molecule has 0 radical (unpaired) electrons. The van der Waals surface area contributed by atoms with Crippen LogP contribution in [0.4, 0.5) is 24.9 Å². The number of aliphatic hydroxyl groups is 2. The first-order chi connectivity index (χ1) is 15.7. The lowest BCUT2D eigenvalue weighted by Crippen LogP contribution is -2.35. The molecule has 4 atom stereocenters. The average Bonchev–Trinajstić information content (AvgIpc) is 3.28. The first kappa shape index (κ1) is 23.2. The number of fused-ring (bicyclic) bond motifs is 1. The number of alkyl halides is 3. The number of benzene rings is 1. The van der Waals surface area contributed by atoms with E-state index in [1.165, 1.54) is 11.3 Å². The average molecular weight is 479 g/mol. The maximum atomic E-state index is 12.7. The van der Waals surface area contributed by atoms with Gasteiger partial charge in [0.15, 0.2) is 0 Å². The summed E-state index contributed by atoms with van der Waals surface area (Å²) in [5.74, 6) is -0.460. The smallest absolute Gasteiger partial charge is 0.390 e. The first-order valence-electron chi connectivity index (χ1n) is 10.2. The minimum absolute atomic E-state index is 0.0717. The Morgan fingerprint density at radius 3 is 2.64 bits per heavy atom. The predicted octanol–water partition coefficient (Wildman–Crippen LogP) is 3.47. The lowest BCUT2D eigenvalue weighted by molar-refractivity contribution is -0.115. The number of hydrogen-bond donors (Lipinski definition) is 4. The number of halogens is 3.